The van der Waals surface area contributed by atoms with Gasteiger partial charge in [0.2, 0.25) is 0 Å². The number of ether oxygens (including phenoxy) is 2. The van der Waals surface area contributed by atoms with Crippen molar-refractivity contribution in [1.29, 1.82) is 0 Å². The third kappa shape index (κ3) is 7.99. The van der Waals surface area contributed by atoms with E-state index < -0.39 is 11.7 Å². The van der Waals surface area contributed by atoms with Crippen LogP contribution in [0.5, 0.6) is 5.75 Å². The molecule has 0 atom stereocenters. The Kier molecular flexibility index (Phi) is 6.75. The van der Waals surface area contributed by atoms with E-state index in [0.29, 0.717) is 12.3 Å². The molecular formula is C16H23NO4. The number of alkyl carbamates (subject to hydrolysis) is 1. The summed E-state index contributed by atoms with van der Waals surface area (Å²) in [4.78, 5) is 11.4. The quantitative estimate of drug-likeness (QED) is 0.846. The summed E-state index contributed by atoms with van der Waals surface area (Å²) in [5.74, 6) is 0.700. The molecule has 5 nitrogen and oxygen atoms in total. The van der Waals surface area contributed by atoms with Crippen molar-refractivity contribution in [3.8, 4) is 5.75 Å². The monoisotopic (exact) mass is 293 g/mol. The van der Waals surface area contributed by atoms with Gasteiger partial charge in [0, 0.05) is 6.54 Å². The summed E-state index contributed by atoms with van der Waals surface area (Å²) in [5, 5.41) is 11.4. The Morgan fingerprint density at radius 3 is 2.81 bits per heavy atom. The number of aliphatic hydroxyl groups excluding tert-OH is 1. The lowest BCUT2D eigenvalue weighted by molar-refractivity contribution is 0.0534. The van der Waals surface area contributed by atoms with E-state index in [1.54, 1.807) is 0 Å². The fourth-order valence-electron chi connectivity index (χ4n) is 1.52. The Hall–Kier alpha value is -2.01. The maximum absolute atomic E-state index is 11.4. The van der Waals surface area contributed by atoms with Crippen LogP contribution in [0, 0.1) is 0 Å². The minimum Gasteiger partial charge on any atom is -0.491 e. The fraction of sp³-hybridized carbons (Fsp3) is 0.438. The highest BCUT2D eigenvalue weighted by Gasteiger charge is 2.14. The van der Waals surface area contributed by atoms with Crippen molar-refractivity contribution in [3.05, 3.63) is 35.9 Å². The van der Waals surface area contributed by atoms with E-state index >= 15 is 0 Å². The standard InChI is InChI=1S/C16H23NO4/c1-16(2,3)21-15(19)17-9-5-7-13-6-4-8-14(12-13)20-11-10-18/h4-8,12,18H,9-11H2,1-3H3,(H,17,19)/b7-5+. The van der Waals surface area contributed by atoms with Crippen LogP contribution in [-0.2, 0) is 4.74 Å². The molecule has 1 amide bonds. The summed E-state index contributed by atoms with van der Waals surface area (Å²) in [6, 6.07) is 7.48. The molecule has 0 aliphatic heterocycles. The van der Waals surface area contributed by atoms with Gasteiger partial charge in [0.25, 0.3) is 0 Å². The second-order valence-corrected chi connectivity index (χ2v) is 5.43. The number of amides is 1. The molecule has 0 aliphatic rings. The Bertz CT molecular complexity index is 477. The number of aliphatic hydroxyl groups is 1. The lowest BCUT2D eigenvalue weighted by atomic mass is 10.2. The van der Waals surface area contributed by atoms with Gasteiger partial charge in [0.1, 0.15) is 18.0 Å². The molecule has 0 heterocycles. The predicted octanol–water partition coefficient (Wildman–Crippen LogP) is 2.60. The summed E-state index contributed by atoms with van der Waals surface area (Å²) in [6.07, 6.45) is 3.27. The fourth-order valence-corrected chi connectivity index (χ4v) is 1.52. The van der Waals surface area contributed by atoms with E-state index in [4.69, 9.17) is 14.6 Å². The lowest BCUT2D eigenvalue weighted by Crippen LogP contribution is -2.32. The van der Waals surface area contributed by atoms with Gasteiger partial charge < -0.3 is 19.9 Å². The molecule has 0 fully saturated rings. The Labute approximate surface area is 125 Å². The average molecular weight is 293 g/mol. The van der Waals surface area contributed by atoms with E-state index in [9.17, 15) is 4.79 Å². The normalized spacial score (nSPS) is 11.4. The zero-order valence-corrected chi connectivity index (χ0v) is 12.8. The van der Waals surface area contributed by atoms with Crippen LogP contribution in [-0.4, -0.2) is 36.6 Å². The van der Waals surface area contributed by atoms with Crippen LogP contribution < -0.4 is 10.1 Å². The first-order valence-corrected chi connectivity index (χ1v) is 6.88. The number of nitrogens with one attached hydrogen (secondary N) is 1. The number of benzene rings is 1. The maximum Gasteiger partial charge on any atom is 0.407 e. The van der Waals surface area contributed by atoms with Gasteiger partial charge >= 0.3 is 6.09 Å². The molecule has 0 saturated heterocycles. The molecule has 1 aromatic carbocycles. The molecule has 0 saturated carbocycles. The zero-order valence-electron chi connectivity index (χ0n) is 12.8. The molecule has 0 unspecified atom stereocenters. The number of carbonyl (C=O) groups excluding carboxylic acids is 1. The van der Waals surface area contributed by atoms with E-state index in [-0.39, 0.29) is 13.2 Å². The second-order valence-electron chi connectivity index (χ2n) is 5.43. The number of carbonyl (C=O) groups is 1. The lowest BCUT2D eigenvalue weighted by Gasteiger charge is -2.19. The van der Waals surface area contributed by atoms with Crippen LogP contribution in [0.15, 0.2) is 30.3 Å². The van der Waals surface area contributed by atoms with Gasteiger partial charge in [-0.1, -0.05) is 24.3 Å². The van der Waals surface area contributed by atoms with Gasteiger partial charge in [-0.3, -0.25) is 0 Å². The highest BCUT2D eigenvalue weighted by molar-refractivity contribution is 5.68. The number of hydrogen-bond acceptors (Lipinski definition) is 4. The molecule has 0 radical (unpaired) electrons. The van der Waals surface area contributed by atoms with Crippen LogP contribution in [0.2, 0.25) is 0 Å². The maximum atomic E-state index is 11.4. The van der Waals surface area contributed by atoms with E-state index in [2.05, 4.69) is 5.32 Å². The van der Waals surface area contributed by atoms with Gasteiger partial charge in [-0.2, -0.15) is 0 Å². The van der Waals surface area contributed by atoms with E-state index in [1.807, 2.05) is 57.2 Å². The minimum absolute atomic E-state index is 0.0140. The summed E-state index contributed by atoms with van der Waals surface area (Å²) in [6.45, 7) is 6.10. The summed E-state index contributed by atoms with van der Waals surface area (Å²) in [7, 11) is 0. The highest BCUT2D eigenvalue weighted by atomic mass is 16.6. The average Bonchev–Trinajstić information content (AvgIpc) is 2.40. The molecule has 116 valence electrons. The molecule has 0 bridgehead atoms. The molecule has 1 rings (SSSR count). The molecule has 21 heavy (non-hydrogen) atoms. The first-order valence-electron chi connectivity index (χ1n) is 6.88. The van der Waals surface area contributed by atoms with Crippen LogP contribution in [0.25, 0.3) is 6.08 Å². The zero-order chi connectivity index (χ0) is 15.7. The van der Waals surface area contributed by atoms with Crippen molar-refractivity contribution in [2.75, 3.05) is 19.8 Å². The largest absolute Gasteiger partial charge is 0.491 e. The van der Waals surface area contributed by atoms with Crippen molar-refractivity contribution in [2.45, 2.75) is 26.4 Å². The van der Waals surface area contributed by atoms with Crippen LogP contribution in [0.3, 0.4) is 0 Å². The molecule has 5 heteroatoms. The van der Waals surface area contributed by atoms with Gasteiger partial charge in [0.05, 0.1) is 6.61 Å². The summed E-state index contributed by atoms with van der Waals surface area (Å²) >= 11 is 0. The molecule has 0 aliphatic carbocycles. The van der Waals surface area contributed by atoms with Gasteiger partial charge in [-0.25, -0.2) is 4.79 Å². The van der Waals surface area contributed by atoms with Crippen LogP contribution in [0.1, 0.15) is 26.3 Å². The Morgan fingerprint density at radius 2 is 2.14 bits per heavy atom. The first kappa shape index (κ1) is 17.0. The van der Waals surface area contributed by atoms with Gasteiger partial charge in [-0.05, 0) is 38.5 Å². The van der Waals surface area contributed by atoms with Crippen molar-refractivity contribution in [2.24, 2.45) is 0 Å². The predicted molar refractivity (Wildman–Crippen MR) is 82.3 cm³/mol. The van der Waals surface area contributed by atoms with E-state index in [0.717, 1.165) is 5.56 Å². The van der Waals surface area contributed by atoms with Crippen molar-refractivity contribution in [3.63, 3.8) is 0 Å². The van der Waals surface area contributed by atoms with Crippen LogP contribution in [0.4, 0.5) is 4.79 Å². The second kappa shape index (κ2) is 8.32. The number of rotatable bonds is 6. The highest BCUT2D eigenvalue weighted by Crippen LogP contribution is 2.14. The van der Waals surface area contributed by atoms with Gasteiger partial charge in [0.15, 0.2) is 0 Å². The number of hydrogen-bond donors (Lipinski definition) is 2. The SMILES string of the molecule is CC(C)(C)OC(=O)NC/C=C/c1cccc(OCCO)c1. The molecular weight excluding hydrogens is 270 g/mol. The van der Waals surface area contributed by atoms with Crippen molar-refractivity contribution >= 4 is 12.2 Å². The first-order chi connectivity index (χ1) is 9.90. The molecule has 0 aromatic heterocycles. The third-order valence-corrected chi connectivity index (χ3v) is 2.29. The Morgan fingerprint density at radius 1 is 1.38 bits per heavy atom. The molecule has 2 N–H and O–H groups in total. The van der Waals surface area contributed by atoms with Crippen molar-refractivity contribution < 1.29 is 19.4 Å². The van der Waals surface area contributed by atoms with Gasteiger partial charge in [-0.15, -0.1) is 0 Å². The van der Waals surface area contributed by atoms with Crippen LogP contribution >= 0.6 is 0 Å². The van der Waals surface area contributed by atoms with E-state index in [1.165, 1.54) is 0 Å². The topological polar surface area (TPSA) is 67.8 Å². The summed E-state index contributed by atoms with van der Waals surface area (Å²) < 4.78 is 10.4. The summed E-state index contributed by atoms with van der Waals surface area (Å²) in [5.41, 5.74) is 0.461. The third-order valence-electron chi connectivity index (χ3n) is 2.29. The molecule has 0 spiro atoms. The molecule has 1 aromatic rings. The smallest absolute Gasteiger partial charge is 0.407 e. The Balaban J connectivity index is 2.41. The van der Waals surface area contributed by atoms with Crippen molar-refractivity contribution in [1.82, 2.24) is 5.32 Å². The minimum atomic E-state index is -0.494.